The third kappa shape index (κ3) is 63.2. The lowest BCUT2D eigenvalue weighted by Crippen LogP contribution is -2.30. The third-order valence-electron chi connectivity index (χ3n) is 16.4. The number of aliphatic hydroxyl groups excluding tert-OH is 1. The molecule has 0 amide bonds. The molecular weight excluding hydrogens is 1170 g/mol. The molecule has 0 saturated heterocycles. The topological polar surface area (TPSA) is 237 Å². The fourth-order valence-corrected chi connectivity index (χ4v) is 12.0. The predicted octanol–water partition coefficient (Wildman–Crippen LogP) is 19.7. The van der Waals surface area contributed by atoms with Crippen molar-refractivity contribution in [1.29, 1.82) is 0 Å². The molecule has 0 aliphatic heterocycles. The summed E-state index contributed by atoms with van der Waals surface area (Å²) in [6, 6.07) is 0. The minimum atomic E-state index is -4.95. The molecule has 0 heterocycles. The Kier molecular flexibility index (Phi) is 58.5. The number of esters is 4. The molecule has 0 aliphatic rings. The van der Waals surface area contributed by atoms with Gasteiger partial charge in [-0.1, -0.05) is 293 Å². The highest BCUT2D eigenvalue weighted by Crippen LogP contribution is 2.45. The first-order valence-corrected chi connectivity index (χ1v) is 39.2. The highest BCUT2D eigenvalue weighted by molar-refractivity contribution is 7.47. The average Bonchev–Trinajstić information content (AvgIpc) is 3.70. The van der Waals surface area contributed by atoms with E-state index in [2.05, 4.69) is 55.4 Å². The van der Waals surface area contributed by atoms with Crippen molar-refractivity contribution in [2.45, 2.75) is 363 Å². The van der Waals surface area contributed by atoms with Crippen molar-refractivity contribution < 1.29 is 80.2 Å². The summed E-state index contributed by atoms with van der Waals surface area (Å²) in [7, 11) is -9.90. The molecule has 17 nitrogen and oxygen atoms in total. The van der Waals surface area contributed by atoms with Gasteiger partial charge in [-0.05, 0) is 49.4 Å². The van der Waals surface area contributed by atoms with Crippen molar-refractivity contribution in [3.05, 3.63) is 0 Å². The van der Waals surface area contributed by atoms with E-state index in [0.29, 0.717) is 31.6 Å². The van der Waals surface area contributed by atoms with Crippen LogP contribution in [0.3, 0.4) is 0 Å². The van der Waals surface area contributed by atoms with Crippen LogP contribution in [0, 0.1) is 23.7 Å². The number of rotatable bonds is 67. The maximum atomic E-state index is 13.0. The normalized spacial score (nSPS) is 14.6. The fraction of sp³-hybridized carbons (Fsp3) is 0.943. The molecular formula is C70H136O17P2. The maximum Gasteiger partial charge on any atom is 0.472 e. The molecule has 0 radical (unpaired) electrons. The SMILES string of the molecule is CCC(C)CCCCCCCCCCCCCCCCC(=O)OC[C@H](COP(=O)(O)OC[C@@H](O)COP(=O)(O)OC[C@@H](COC(=O)CCCCCCCCC(C)C)OC(=O)CCCCCCCCCCC(C)C)OC(=O)CCCCCCCCCCC(C)C. The van der Waals surface area contributed by atoms with E-state index in [-0.39, 0.29) is 25.7 Å². The molecule has 0 saturated carbocycles. The molecule has 528 valence electrons. The summed E-state index contributed by atoms with van der Waals surface area (Å²) in [6.45, 7) is 14.0. The van der Waals surface area contributed by atoms with Crippen LogP contribution in [-0.2, 0) is 65.4 Å². The minimum Gasteiger partial charge on any atom is -0.462 e. The van der Waals surface area contributed by atoms with Gasteiger partial charge in [-0.25, -0.2) is 9.13 Å². The van der Waals surface area contributed by atoms with Gasteiger partial charge in [0.05, 0.1) is 26.4 Å². The Labute approximate surface area is 543 Å². The number of hydrogen-bond acceptors (Lipinski definition) is 15. The summed E-state index contributed by atoms with van der Waals surface area (Å²) in [5, 5.41) is 10.6. The molecule has 6 atom stereocenters. The Bertz CT molecular complexity index is 1770. The van der Waals surface area contributed by atoms with E-state index in [9.17, 15) is 43.2 Å². The number of phosphoric ester groups is 2. The van der Waals surface area contributed by atoms with E-state index in [1.165, 1.54) is 141 Å². The molecule has 0 fully saturated rings. The van der Waals surface area contributed by atoms with Gasteiger partial charge < -0.3 is 33.8 Å². The zero-order valence-corrected chi connectivity index (χ0v) is 59.8. The molecule has 0 aromatic carbocycles. The molecule has 0 aromatic heterocycles. The first-order valence-electron chi connectivity index (χ1n) is 36.2. The Balaban J connectivity index is 5.20. The van der Waals surface area contributed by atoms with E-state index in [1.807, 2.05) is 0 Å². The van der Waals surface area contributed by atoms with Gasteiger partial charge in [-0.15, -0.1) is 0 Å². The molecule has 89 heavy (non-hydrogen) atoms. The van der Waals surface area contributed by atoms with Crippen molar-refractivity contribution >= 4 is 39.5 Å². The van der Waals surface area contributed by atoms with Crippen LogP contribution in [0.1, 0.15) is 344 Å². The first kappa shape index (κ1) is 87.1. The van der Waals surface area contributed by atoms with Gasteiger partial charge in [0.2, 0.25) is 0 Å². The molecule has 0 aromatic rings. The van der Waals surface area contributed by atoms with Crippen LogP contribution < -0.4 is 0 Å². The lowest BCUT2D eigenvalue weighted by Gasteiger charge is -2.21. The molecule has 0 bridgehead atoms. The van der Waals surface area contributed by atoms with Crippen LogP contribution in [0.2, 0.25) is 0 Å². The van der Waals surface area contributed by atoms with Gasteiger partial charge in [0.1, 0.15) is 19.3 Å². The van der Waals surface area contributed by atoms with Gasteiger partial charge in [0.15, 0.2) is 12.2 Å². The van der Waals surface area contributed by atoms with Crippen LogP contribution >= 0.6 is 15.6 Å². The Morgan fingerprint density at radius 3 is 0.798 bits per heavy atom. The van der Waals surface area contributed by atoms with Crippen molar-refractivity contribution in [2.24, 2.45) is 23.7 Å². The largest absolute Gasteiger partial charge is 0.472 e. The molecule has 0 rings (SSSR count). The number of phosphoric acid groups is 2. The molecule has 0 spiro atoms. The monoisotopic (exact) mass is 1310 g/mol. The highest BCUT2D eigenvalue weighted by atomic mass is 31.2. The second-order valence-electron chi connectivity index (χ2n) is 26.9. The molecule has 0 aliphatic carbocycles. The van der Waals surface area contributed by atoms with Crippen molar-refractivity contribution in [3.8, 4) is 0 Å². The molecule has 3 N–H and O–H groups in total. The predicted molar refractivity (Wildman–Crippen MR) is 358 cm³/mol. The van der Waals surface area contributed by atoms with Crippen molar-refractivity contribution in [2.75, 3.05) is 39.6 Å². The standard InChI is InChI=1S/C70H136O17P2/c1-9-63(8)49-41-33-24-16-14-12-10-11-13-15-17-25-34-42-50-67(72)80-56-65(86-69(74)52-44-36-26-20-18-22-30-38-46-60(2)3)58-84-88(76,77)82-54-64(71)55-83-89(78,79)85-59-66(57-81-68(73)51-43-35-29-28-32-40-48-62(6)7)87-70(75)53-45-37-27-21-19-23-31-39-47-61(4)5/h60-66,71H,9-59H2,1-8H3,(H,76,77)(H,78,79)/t63?,64-,65-,66-/m1/s1. The van der Waals surface area contributed by atoms with E-state index in [0.717, 1.165) is 114 Å². The summed E-state index contributed by atoms with van der Waals surface area (Å²) in [4.78, 5) is 72.4. The quantitative estimate of drug-likeness (QED) is 0.0222. The van der Waals surface area contributed by atoms with E-state index in [4.69, 9.17) is 37.0 Å². The second-order valence-corrected chi connectivity index (χ2v) is 29.8. The third-order valence-corrected chi connectivity index (χ3v) is 18.3. The van der Waals surface area contributed by atoms with Gasteiger partial charge in [0.25, 0.3) is 0 Å². The van der Waals surface area contributed by atoms with Gasteiger partial charge >= 0.3 is 39.5 Å². The van der Waals surface area contributed by atoms with Crippen LogP contribution in [0.4, 0.5) is 0 Å². The van der Waals surface area contributed by atoms with Crippen molar-refractivity contribution in [3.63, 3.8) is 0 Å². The zero-order valence-electron chi connectivity index (χ0n) is 58.1. The van der Waals surface area contributed by atoms with Crippen LogP contribution in [0.15, 0.2) is 0 Å². The van der Waals surface area contributed by atoms with E-state index < -0.39 is 97.5 Å². The highest BCUT2D eigenvalue weighted by Gasteiger charge is 2.30. The number of carbonyl (C=O) groups excluding carboxylic acids is 4. The minimum absolute atomic E-state index is 0.103. The zero-order chi connectivity index (χ0) is 66.1. The molecule has 3 unspecified atom stereocenters. The first-order chi connectivity index (χ1) is 42.6. The summed E-state index contributed by atoms with van der Waals surface area (Å²) >= 11 is 0. The summed E-state index contributed by atoms with van der Waals surface area (Å²) in [5.41, 5.74) is 0. The maximum absolute atomic E-state index is 13.0. The summed E-state index contributed by atoms with van der Waals surface area (Å²) < 4.78 is 68.2. The number of hydrogen-bond donors (Lipinski definition) is 3. The Morgan fingerprint density at radius 2 is 0.539 bits per heavy atom. The Morgan fingerprint density at radius 1 is 0.315 bits per heavy atom. The lowest BCUT2D eigenvalue weighted by atomic mass is 9.99. The van der Waals surface area contributed by atoms with Gasteiger partial charge in [0, 0.05) is 25.7 Å². The lowest BCUT2D eigenvalue weighted by molar-refractivity contribution is -0.161. The smallest absolute Gasteiger partial charge is 0.462 e. The fourth-order valence-electron chi connectivity index (χ4n) is 10.5. The van der Waals surface area contributed by atoms with Crippen LogP contribution in [0.5, 0.6) is 0 Å². The van der Waals surface area contributed by atoms with Crippen LogP contribution in [0.25, 0.3) is 0 Å². The number of carbonyl (C=O) groups is 4. The summed E-state index contributed by atoms with van der Waals surface area (Å²) in [5.74, 6) is 0.832. The average molecular weight is 1310 g/mol. The van der Waals surface area contributed by atoms with E-state index in [1.54, 1.807) is 0 Å². The Hall–Kier alpha value is -1.94. The van der Waals surface area contributed by atoms with Gasteiger partial charge in [-0.2, -0.15) is 0 Å². The van der Waals surface area contributed by atoms with Crippen molar-refractivity contribution in [1.82, 2.24) is 0 Å². The van der Waals surface area contributed by atoms with E-state index >= 15 is 0 Å². The summed E-state index contributed by atoms with van der Waals surface area (Å²) in [6.07, 6.45) is 41.9. The van der Waals surface area contributed by atoms with Gasteiger partial charge in [-0.3, -0.25) is 37.3 Å². The number of ether oxygens (including phenoxy) is 4. The van der Waals surface area contributed by atoms with Crippen LogP contribution in [-0.4, -0.2) is 96.7 Å². The molecule has 19 heteroatoms. The second kappa shape index (κ2) is 59.8. The number of unbranched alkanes of at least 4 members (excludes halogenated alkanes) is 32. The number of aliphatic hydroxyl groups is 1.